The number of nitrogens with zero attached hydrogens (tertiary/aromatic N) is 1. The van der Waals surface area contributed by atoms with Gasteiger partial charge in [-0.25, -0.2) is 0 Å². The number of hydrogen-bond acceptors (Lipinski definition) is 7. The lowest BCUT2D eigenvalue weighted by Gasteiger charge is -2.22. The number of nitrogens with one attached hydrogen (secondary N) is 1. The standard InChI is InChI=1S/C19H18N2O5S2/c1-11(17(24)20-7-6-12-4-5-14(22)15(23)9-12)21-18(25)16(28-19(21)27)10-13-3-2-8-26-13/h2-5,8-11,22-23H,6-7H2,1H3,(H,20,24)/b16-10-. The van der Waals surface area contributed by atoms with Crippen molar-refractivity contribution in [2.24, 2.45) is 0 Å². The molecule has 28 heavy (non-hydrogen) atoms. The molecule has 1 aromatic heterocycles. The average Bonchev–Trinajstić information content (AvgIpc) is 3.26. The molecule has 1 aliphatic heterocycles. The second kappa shape index (κ2) is 8.49. The number of phenolic OH excluding ortho intramolecular Hbond substituents is 2. The van der Waals surface area contributed by atoms with Crippen LogP contribution >= 0.6 is 24.0 Å². The van der Waals surface area contributed by atoms with Crippen LogP contribution in [0.25, 0.3) is 6.08 Å². The predicted octanol–water partition coefficient (Wildman–Crippen LogP) is 2.64. The van der Waals surface area contributed by atoms with Crippen molar-refractivity contribution in [2.75, 3.05) is 6.54 Å². The smallest absolute Gasteiger partial charge is 0.267 e. The zero-order chi connectivity index (χ0) is 20.3. The van der Waals surface area contributed by atoms with Crippen molar-refractivity contribution in [3.8, 4) is 11.5 Å². The molecule has 0 bridgehead atoms. The number of carbonyl (C=O) groups is 2. The zero-order valence-corrected chi connectivity index (χ0v) is 16.5. The Balaban J connectivity index is 1.58. The maximum atomic E-state index is 12.6. The van der Waals surface area contributed by atoms with Crippen LogP contribution < -0.4 is 5.32 Å². The molecule has 1 atom stereocenters. The summed E-state index contributed by atoms with van der Waals surface area (Å²) < 4.78 is 5.53. The first-order valence-electron chi connectivity index (χ1n) is 8.46. The minimum atomic E-state index is -0.761. The lowest BCUT2D eigenvalue weighted by Crippen LogP contribution is -2.47. The molecule has 1 fully saturated rings. The van der Waals surface area contributed by atoms with E-state index >= 15 is 0 Å². The fourth-order valence-electron chi connectivity index (χ4n) is 2.64. The molecule has 7 nitrogen and oxygen atoms in total. The van der Waals surface area contributed by atoms with Gasteiger partial charge in [0.25, 0.3) is 5.91 Å². The second-order valence-electron chi connectivity index (χ2n) is 6.11. The Labute approximate surface area is 171 Å². The molecule has 9 heteroatoms. The number of benzene rings is 1. The summed E-state index contributed by atoms with van der Waals surface area (Å²) in [6.45, 7) is 1.92. The minimum Gasteiger partial charge on any atom is -0.504 e. The van der Waals surface area contributed by atoms with Crippen LogP contribution in [-0.2, 0) is 16.0 Å². The third-order valence-corrected chi connectivity index (χ3v) is 5.49. The maximum Gasteiger partial charge on any atom is 0.267 e. The number of rotatable bonds is 6. The van der Waals surface area contributed by atoms with Gasteiger partial charge in [-0.15, -0.1) is 0 Å². The number of aromatic hydroxyl groups is 2. The van der Waals surface area contributed by atoms with Gasteiger partial charge >= 0.3 is 0 Å². The van der Waals surface area contributed by atoms with Crippen LogP contribution in [0.4, 0.5) is 0 Å². The Hall–Kier alpha value is -2.78. The number of carbonyl (C=O) groups excluding carboxylic acids is 2. The van der Waals surface area contributed by atoms with Crippen molar-refractivity contribution in [3.63, 3.8) is 0 Å². The van der Waals surface area contributed by atoms with Gasteiger partial charge in [0.15, 0.2) is 11.5 Å². The van der Waals surface area contributed by atoms with Gasteiger partial charge in [0.05, 0.1) is 11.2 Å². The lowest BCUT2D eigenvalue weighted by molar-refractivity contribution is -0.132. The van der Waals surface area contributed by atoms with Gasteiger partial charge in [0, 0.05) is 12.6 Å². The summed E-state index contributed by atoms with van der Waals surface area (Å²) in [5.41, 5.74) is 0.759. The van der Waals surface area contributed by atoms with Gasteiger partial charge in [-0.05, 0) is 43.2 Å². The van der Waals surface area contributed by atoms with Crippen LogP contribution in [0, 0.1) is 0 Å². The third kappa shape index (κ3) is 4.37. The summed E-state index contributed by atoms with van der Waals surface area (Å²) in [5, 5.41) is 21.6. The number of thiocarbonyl (C=S) groups is 1. The predicted molar refractivity (Wildman–Crippen MR) is 110 cm³/mol. The summed E-state index contributed by atoms with van der Waals surface area (Å²) in [6.07, 6.45) is 3.57. The van der Waals surface area contributed by atoms with Crippen LogP contribution in [0.1, 0.15) is 18.2 Å². The molecule has 1 aromatic carbocycles. The van der Waals surface area contributed by atoms with Gasteiger partial charge in [0.1, 0.15) is 16.1 Å². The fourth-order valence-corrected chi connectivity index (χ4v) is 4.03. The monoisotopic (exact) mass is 418 g/mol. The largest absolute Gasteiger partial charge is 0.504 e. The van der Waals surface area contributed by atoms with Crippen molar-refractivity contribution < 1.29 is 24.2 Å². The topological polar surface area (TPSA) is 103 Å². The Kier molecular flexibility index (Phi) is 6.05. The number of amides is 2. The Morgan fingerprint density at radius 1 is 1.36 bits per heavy atom. The van der Waals surface area contributed by atoms with Gasteiger partial charge in [0.2, 0.25) is 5.91 Å². The Morgan fingerprint density at radius 3 is 2.82 bits per heavy atom. The molecule has 146 valence electrons. The van der Waals surface area contributed by atoms with E-state index in [0.29, 0.717) is 28.0 Å². The molecule has 3 rings (SSSR count). The number of phenols is 2. The fraction of sp³-hybridized carbons (Fsp3) is 0.211. The quantitative estimate of drug-likeness (QED) is 0.376. The van der Waals surface area contributed by atoms with Crippen molar-refractivity contribution >= 4 is 46.2 Å². The zero-order valence-electron chi connectivity index (χ0n) is 14.9. The highest BCUT2D eigenvalue weighted by molar-refractivity contribution is 8.26. The van der Waals surface area contributed by atoms with E-state index in [1.807, 2.05) is 0 Å². The van der Waals surface area contributed by atoms with Crippen LogP contribution in [0.3, 0.4) is 0 Å². The highest BCUT2D eigenvalue weighted by Crippen LogP contribution is 2.34. The van der Waals surface area contributed by atoms with E-state index in [2.05, 4.69) is 5.32 Å². The van der Waals surface area contributed by atoms with Gasteiger partial charge in [-0.2, -0.15) is 0 Å². The SMILES string of the molecule is CC(C(=O)NCCc1ccc(O)c(O)c1)N1C(=O)/C(=C/c2ccco2)SC1=S. The Morgan fingerprint density at radius 2 is 2.14 bits per heavy atom. The molecule has 0 radical (unpaired) electrons. The van der Waals surface area contributed by atoms with Crippen molar-refractivity contribution in [2.45, 2.75) is 19.4 Å². The lowest BCUT2D eigenvalue weighted by atomic mass is 10.1. The van der Waals surface area contributed by atoms with E-state index in [9.17, 15) is 19.8 Å². The van der Waals surface area contributed by atoms with Gasteiger partial charge in [-0.3, -0.25) is 14.5 Å². The van der Waals surface area contributed by atoms with Crippen molar-refractivity contribution in [3.05, 3.63) is 52.8 Å². The Bertz CT molecular complexity index is 940. The summed E-state index contributed by atoms with van der Waals surface area (Å²) in [5.74, 6) is -0.540. The van der Waals surface area contributed by atoms with E-state index in [0.717, 1.165) is 17.3 Å². The normalized spacial score (nSPS) is 16.6. The molecular formula is C19H18N2O5S2. The molecular weight excluding hydrogens is 400 g/mol. The molecule has 1 saturated heterocycles. The van der Waals surface area contributed by atoms with Crippen molar-refractivity contribution in [1.82, 2.24) is 10.2 Å². The molecule has 0 aliphatic carbocycles. The first-order chi connectivity index (χ1) is 13.4. The van der Waals surface area contributed by atoms with Crippen LogP contribution in [0.5, 0.6) is 11.5 Å². The number of furan rings is 1. The molecule has 2 heterocycles. The molecule has 0 saturated carbocycles. The average molecular weight is 418 g/mol. The van der Waals surface area contributed by atoms with E-state index in [-0.39, 0.29) is 23.3 Å². The molecule has 1 unspecified atom stereocenters. The first-order valence-corrected chi connectivity index (χ1v) is 9.68. The first kappa shape index (κ1) is 20.0. The minimum absolute atomic E-state index is 0.196. The highest BCUT2D eigenvalue weighted by Gasteiger charge is 2.38. The molecule has 2 aromatic rings. The summed E-state index contributed by atoms with van der Waals surface area (Å²) in [4.78, 5) is 26.8. The van der Waals surface area contributed by atoms with E-state index in [1.54, 1.807) is 31.2 Å². The number of hydrogen-bond donors (Lipinski definition) is 3. The van der Waals surface area contributed by atoms with E-state index < -0.39 is 6.04 Å². The van der Waals surface area contributed by atoms with E-state index in [1.165, 1.54) is 23.3 Å². The molecule has 3 N–H and O–H groups in total. The summed E-state index contributed by atoms with van der Waals surface area (Å²) in [7, 11) is 0. The molecule has 0 spiro atoms. The third-order valence-electron chi connectivity index (χ3n) is 4.16. The van der Waals surface area contributed by atoms with Crippen LogP contribution in [0.15, 0.2) is 45.9 Å². The summed E-state index contributed by atoms with van der Waals surface area (Å²) >= 11 is 6.39. The van der Waals surface area contributed by atoms with Crippen molar-refractivity contribution in [1.29, 1.82) is 0 Å². The van der Waals surface area contributed by atoms with Crippen LogP contribution in [0.2, 0.25) is 0 Å². The van der Waals surface area contributed by atoms with E-state index in [4.69, 9.17) is 16.6 Å². The molecule has 1 aliphatic rings. The second-order valence-corrected chi connectivity index (χ2v) is 7.78. The van der Waals surface area contributed by atoms with Crippen LogP contribution in [-0.4, -0.2) is 43.8 Å². The highest BCUT2D eigenvalue weighted by atomic mass is 32.2. The summed E-state index contributed by atoms with van der Waals surface area (Å²) in [6, 6.07) is 7.17. The maximum absolute atomic E-state index is 12.6. The number of thioether (sulfide) groups is 1. The van der Waals surface area contributed by atoms with Gasteiger partial charge < -0.3 is 19.9 Å². The molecule has 2 amide bonds. The van der Waals surface area contributed by atoms with Gasteiger partial charge in [-0.1, -0.05) is 30.0 Å².